The summed E-state index contributed by atoms with van der Waals surface area (Å²) in [4.78, 5) is 42.9. The van der Waals surface area contributed by atoms with Gasteiger partial charge < -0.3 is 14.4 Å². The summed E-state index contributed by atoms with van der Waals surface area (Å²) < 4.78 is 12.7. The third kappa shape index (κ3) is 6.38. The van der Waals surface area contributed by atoms with Crippen molar-refractivity contribution < 1.29 is 19.2 Å². The van der Waals surface area contributed by atoms with E-state index in [1.165, 1.54) is 23.0 Å². The maximum atomic E-state index is 13.2. The number of aryl methyl sites for hydroxylation is 1. The molecule has 1 aliphatic heterocycles. The second kappa shape index (κ2) is 12.1. The van der Waals surface area contributed by atoms with Gasteiger partial charge in [0.15, 0.2) is 12.4 Å². The van der Waals surface area contributed by atoms with E-state index in [2.05, 4.69) is 26.0 Å². The van der Waals surface area contributed by atoms with Gasteiger partial charge in [0, 0.05) is 35.6 Å². The van der Waals surface area contributed by atoms with Crippen molar-refractivity contribution in [2.75, 3.05) is 32.9 Å². The van der Waals surface area contributed by atoms with E-state index in [4.69, 9.17) is 9.47 Å². The van der Waals surface area contributed by atoms with Gasteiger partial charge in [0.2, 0.25) is 0 Å². The van der Waals surface area contributed by atoms with Crippen molar-refractivity contribution in [1.29, 1.82) is 0 Å². The van der Waals surface area contributed by atoms with Crippen molar-refractivity contribution >= 4 is 44.6 Å². The molecular weight excluding hydrogens is 546 g/mol. The molecular formula is C25H26BrN5O6. The zero-order valence-electron chi connectivity index (χ0n) is 20.3. The van der Waals surface area contributed by atoms with Crippen molar-refractivity contribution in [2.45, 2.75) is 26.2 Å². The Hall–Kier alpha value is -3.64. The lowest BCUT2D eigenvalue weighted by Crippen LogP contribution is -2.43. The monoisotopic (exact) mass is 571 g/mol. The van der Waals surface area contributed by atoms with Crippen molar-refractivity contribution in [1.82, 2.24) is 14.6 Å². The van der Waals surface area contributed by atoms with Gasteiger partial charge in [-0.15, -0.1) is 0 Å². The molecule has 37 heavy (non-hydrogen) atoms. The maximum Gasteiger partial charge on any atom is 0.311 e. The van der Waals surface area contributed by atoms with Crippen LogP contribution in [0, 0.1) is 10.1 Å². The van der Waals surface area contributed by atoms with Crippen molar-refractivity contribution in [2.24, 2.45) is 5.10 Å². The molecule has 1 aromatic heterocycles. The molecule has 194 valence electrons. The standard InChI is InChI=1S/C25H26BrN5O6/c1-2-3-4-23-28-20-7-6-18(26)14-19(20)25(33)30(23)27-15-17-5-8-22(21(13-17)31(34)35)37-16-24(32)29-9-11-36-12-10-29/h5-8,13-15H,2-4,9-12,16H2,1H3. The van der Waals surface area contributed by atoms with Crippen LogP contribution in [-0.4, -0.2) is 64.5 Å². The zero-order valence-corrected chi connectivity index (χ0v) is 21.8. The average molecular weight is 572 g/mol. The number of nitro benzene ring substituents is 1. The van der Waals surface area contributed by atoms with Crippen LogP contribution in [0.25, 0.3) is 10.9 Å². The number of rotatable bonds is 9. The average Bonchev–Trinajstić information content (AvgIpc) is 2.91. The molecule has 3 aromatic rings. The Labute approximate surface area is 221 Å². The number of aromatic nitrogens is 2. The first-order valence-corrected chi connectivity index (χ1v) is 12.7. The second-order valence-corrected chi connectivity index (χ2v) is 9.34. The predicted octanol–water partition coefficient (Wildman–Crippen LogP) is 3.53. The molecule has 0 aliphatic carbocycles. The highest BCUT2D eigenvalue weighted by atomic mass is 79.9. The summed E-state index contributed by atoms with van der Waals surface area (Å²) in [5.41, 5.74) is 0.332. The van der Waals surface area contributed by atoms with E-state index in [1.807, 2.05) is 13.0 Å². The van der Waals surface area contributed by atoms with Gasteiger partial charge in [-0.1, -0.05) is 29.3 Å². The van der Waals surface area contributed by atoms with Crippen LogP contribution >= 0.6 is 15.9 Å². The van der Waals surface area contributed by atoms with Crippen LogP contribution < -0.4 is 10.3 Å². The number of hydrogen-bond acceptors (Lipinski definition) is 8. The molecule has 0 unspecified atom stereocenters. The van der Waals surface area contributed by atoms with E-state index in [0.29, 0.717) is 55.0 Å². The fourth-order valence-corrected chi connectivity index (χ4v) is 4.22. The van der Waals surface area contributed by atoms with Crippen LogP contribution in [0.5, 0.6) is 5.75 Å². The maximum absolute atomic E-state index is 13.2. The first-order chi connectivity index (χ1) is 17.9. The van der Waals surface area contributed by atoms with E-state index in [9.17, 15) is 19.7 Å². The Balaban J connectivity index is 1.60. The molecule has 1 saturated heterocycles. The van der Waals surface area contributed by atoms with Crippen molar-refractivity contribution in [3.63, 3.8) is 0 Å². The molecule has 0 saturated carbocycles. The summed E-state index contributed by atoms with van der Waals surface area (Å²) in [5.74, 6) is 0.216. The van der Waals surface area contributed by atoms with Gasteiger partial charge in [-0.05, 0) is 36.8 Å². The van der Waals surface area contributed by atoms with Gasteiger partial charge in [0.25, 0.3) is 11.5 Å². The van der Waals surface area contributed by atoms with Crippen LogP contribution in [0.2, 0.25) is 0 Å². The number of unbranched alkanes of at least 4 members (excludes halogenated alkanes) is 1. The summed E-state index contributed by atoms with van der Waals surface area (Å²) >= 11 is 3.38. The lowest BCUT2D eigenvalue weighted by atomic mass is 10.2. The molecule has 1 aliphatic rings. The molecule has 11 nitrogen and oxygen atoms in total. The number of halogens is 1. The molecule has 4 rings (SSSR count). The third-order valence-electron chi connectivity index (χ3n) is 5.85. The summed E-state index contributed by atoms with van der Waals surface area (Å²) in [6, 6.07) is 9.57. The molecule has 0 bridgehead atoms. The Bertz CT molecular complexity index is 1400. The highest BCUT2D eigenvalue weighted by molar-refractivity contribution is 9.10. The van der Waals surface area contributed by atoms with Crippen molar-refractivity contribution in [3.8, 4) is 5.75 Å². The lowest BCUT2D eigenvalue weighted by Gasteiger charge is -2.26. The molecule has 0 radical (unpaired) electrons. The quantitative estimate of drug-likeness (QED) is 0.218. The molecule has 0 atom stereocenters. The molecule has 1 fully saturated rings. The van der Waals surface area contributed by atoms with Gasteiger partial charge in [0.1, 0.15) is 5.82 Å². The highest BCUT2D eigenvalue weighted by Gasteiger charge is 2.21. The zero-order chi connectivity index (χ0) is 26.4. The fraction of sp³-hybridized carbons (Fsp3) is 0.360. The molecule has 2 heterocycles. The highest BCUT2D eigenvalue weighted by Crippen LogP contribution is 2.27. The normalized spacial score (nSPS) is 13.8. The van der Waals surface area contributed by atoms with Gasteiger partial charge in [-0.2, -0.15) is 9.78 Å². The minimum absolute atomic E-state index is 0.0261. The predicted molar refractivity (Wildman–Crippen MR) is 141 cm³/mol. The van der Waals surface area contributed by atoms with Gasteiger partial charge in [0.05, 0.1) is 35.3 Å². The SMILES string of the molecule is CCCCc1nc2ccc(Br)cc2c(=O)n1N=Cc1ccc(OCC(=O)N2CCOCC2)c([N+](=O)[O-])c1. The van der Waals surface area contributed by atoms with Crippen LogP contribution in [0.3, 0.4) is 0 Å². The van der Waals surface area contributed by atoms with Crippen LogP contribution in [0.4, 0.5) is 5.69 Å². The van der Waals surface area contributed by atoms with E-state index >= 15 is 0 Å². The van der Waals surface area contributed by atoms with Crippen molar-refractivity contribution in [3.05, 3.63) is 72.7 Å². The lowest BCUT2D eigenvalue weighted by molar-refractivity contribution is -0.385. The smallest absolute Gasteiger partial charge is 0.311 e. The summed E-state index contributed by atoms with van der Waals surface area (Å²) in [5, 5.41) is 16.4. The van der Waals surface area contributed by atoms with E-state index in [0.717, 1.165) is 17.3 Å². The third-order valence-corrected chi connectivity index (χ3v) is 6.34. The topological polar surface area (TPSA) is 129 Å². The molecule has 0 N–H and O–H groups in total. The number of benzene rings is 2. The number of hydrogen-bond donors (Lipinski definition) is 0. The van der Waals surface area contributed by atoms with E-state index < -0.39 is 4.92 Å². The number of ether oxygens (including phenoxy) is 2. The molecule has 12 heteroatoms. The number of carbonyl (C=O) groups is 1. The number of nitrogens with zero attached hydrogens (tertiary/aromatic N) is 5. The van der Waals surface area contributed by atoms with Gasteiger partial charge >= 0.3 is 5.69 Å². The Morgan fingerprint density at radius 1 is 1.27 bits per heavy atom. The van der Waals surface area contributed by atoms with Gasteiger partial charge in [-0.25, -0.2) is 4.98 Å². The minimum atomic E-state index is -0.583. The van der Waals surface area contributed by atoms with E-state index in [1.54, 1.807) is 23.1 Å². The van der Waals surface area contributed by atoms with Crippen LogP contribution in [-0.2, 0) is 16.0 Å². The van der Waals surface area contributed by atoms with Gasteiger partial charge in [-0.3, -0.25) is 19.7 Å². The Kier molecular flexibility index (Phi) is 8.62. The fourth-order valence-electron chi connectivity index (χ4n) is 3.86. The Morgan fingerprint density at radius 3 is 2.78 bits per heavy atom. The number of morpholine rings is 1. The summed E-state index contributed by atoms with van der Waals surface area (Å²) in [7, 11) is 0. The first kappa shape index (κ1) is 26.4. The number of carbonyl (C=O) groups excluding carboxylic acids is 1. The first-order valence-electron chi connectivity index (χ1n) is 11.9. The van der Waals surface area contributed by atoms with Crippen LogP contribution in [0.15, 0.2) is 50.8 Å². The Morgan fingerprint density at radius 2 is 2.05 bits per heavy atom. The molecule has 1 amide bonds. The summed E-state index contributed by atoms with van der Waals surface area (Å²) in [6.07, 6.45) is 3.67. The number of fused-ring (bicyclic) bond motifs is 1. The summed E-state index contributed by atoms with van der Waals surface area (Å²) in [6.45, 7) is 3.55. The number of amides is 1. The second-order valence-electron chi connectivity index (χ2n) is 8.42. The molecule has 0 spiro atoms. The van der Waals surface area contributed by atoms with Crippen LogP contribution in [0.1, 0.15) is 31.2 Å². The minimum Gasteiger partial charge on any atom is -0.477 e. The number of nitro groups is 1. The van der Waals surface area contributed by atoms with E-state index in [-0.39, 0.29) is 29.5 Å². The molecule has 2 aromatic carbocycles. The largest absolute Gasteiger partial charge is 0.477 e.